The number of aromatic nitrogens is 3. The number of hydrogen-bond acceptors (Lipinski definition) is 1. The number of nitrogens with zero attached hydrogens (tertiary/aromatic N) is 4. The number of anilines is 3. The van der Waals surface area contributed by atoms with Crippen molar-refractivity contribution in [3.8, 4) is 17.1 Å². The van der Waals surface area contributed by atoms with Crippen molar-refractivity contribution in [3.05, 3.63) is 205 Å². The number of aryl methyl sites for hydroxylation is 2. The maximum Gasteiger partial charge on any atom is 0.0788 e. The molecule has 0 saturated carbocycles. The molecule has 4 heteroatoms. The summed E-state index contributed by atoms with van der Waals surface area (Å²) in [5.74, 6) is 0. The molecule has 0 amide bonds. The first-order valence-electron chi connectivity index (χ1n) is 19.3. The lowest BCUT2D eigenvalue weighted by Gasteiger charge is -2.26. The Balaban J connectivity index is 1.12. The molecule has 11 rings (SSSR count). The Morgan fingerprint density at radius 1 is 0.357 bits per heavy atom. The lowest BCUT2D eigenvalue weighted by Crippen LogP contribution is -2.10. The van der Waals surface area contributed by atoms with Crippen LogP contribution in [0.5, 0.6) is 0 Å². The largest absolute Gasteiger partial charge is 0.315 e. The van der Waals surface area contributed by atoms with Gasteiger partial charge < -0.3 is 18.6 Å². The normalized spacial score (nSPS) is 11.8. The summed E-state index contributed by atoms with van der Waals surface area (Å²) in [7, 11) is 0. The van der Waals surface area contributed by atoms with E-state index in [4.69, 9.17) is 0 Å². The van der Waals surface area contributed by atoms with Crippen LogP contribution in [0.15, 0.2) is 194 Å². The minimum atomic E-state index is 1.09. The van der Waals surface area contributed by atoms with E-state index in [1.165, 1.54) is 65.6 Å². The summed E-state index contributed by atoms with van der Waals surface area (Å²) in [4.78, 5) is 2.39. The third kappa shape index (κ3) is 5.00. The predicted molar refractivity (Wildman–Crippen MR) is 236 cm³/mol. The average Bonchev–Trinajstić information content (AvgIpc) is 3.93. The highest BCUT2D eigenvalue weighted by Crippen LogP contribution is 2.42. The van der Waals surface area contributed by atoms with Crippen molar-refractivity contribution in [1.29, 1.82) is 0 Å². The van der Waals surface area contributed by atoms with Gasteiger partial charge in [0.2, 0.25) is 0 Å². The van der Waals surface area contributed by atoms with E-state index < -0.39 is 0 Å². The summed E-state index contributed by atoms with van der Waals surface area (Å²) in [6.45, 7) is 4.29. The van der Waals surface area contributed by atoms with Crippen LogP contribution in [-0.4, -0.2) is 13.7 Å². The molecule has 3 heterocycles. The maximum atomic E-state index is 2.42. The molecule has 3 aromatic heterocycles. The van der Waals surface area contributed by atoms with E-state index in [-0.39, 0.29) is 0 Å². The van der Waals surface area contributed by atoms with Gasteiger partial charge in [-0.25, -0.2) is 0 Å². The fraction of sp³-hybridized carbons (Fsp3) is 0.0385. The van der Waals surface area contributed by atoms with Crippen molar-refractivity contribution < 1.29 is 0 Å². The van der Waals surface area contributed by atoms with Gasteiger partial charge in [-0.2, -0.15) is 0 Å². The zero-order valence-corrected chi connectivity index (χ0v) is 31.3. The van der Waals surface area contributed by atoms with Crippen molar-refractivity contribution in [2.45, 2.75) is 13.8 Å². The summed E-state index contributed by atoms with van der Waals surface area (Å²) >= 11 is 0. The van der Waals surface area contributed by atoms with Crippen LogP contribution < -0.4 is 4.90 Å². The Hall–Kier alpha value is -7.30. The molecule has 0 fully saturated rings. The average molecular weight is 719 g/mol. The highest BCUT2D eigenvalue weighted by atomic mass is 15.1. The van der Waals surface area contributed by atoms with Crippen LogP contribution in [0.3, 0.4) is 0 Å². The molecule has 0 aliphatic rings. The minimum absolute atomic E-state index is 1.09. The van der Waals surface area contributed by atoms with Gasteiger partial charge in [0.15, 0.2) is 0 Å². The quantitative estimate of drug-likeness (QED) is 0.167. The molecule has 11 aromatic rings. The first-order chi connectivity index (χ1) is 27.6. The van der Waals surface area contributed by atoms with Gasteiger partial charge in [0.25, 0.3) is 0 Å². The molecule has 0 radical (unpaired) electrons. The fourth-order valence-corrected chi connectivity index (χ4v) is 8.73. The topological polar surface area (TPSA) is 18.0 Å². The number of benzene rings is 8. The molecule has 0 spiro atoms. The summed E-state index contributed by atoms with van der Waals surface area (Å²) in [5, 5.41) is 6.15. The highest BCUT2D eigenvalue weighted by Gasteiger charge is 2.20. The zero-order valence-electron chi connectivity index (χ0n) is 31.3. The van der Waals surface area contributed by atoms with Gasteiger partial charge in [-0.15, -0.1) is 0 Å². The van der Waals surface area contributed by atoms with Gasteiger partial charge in [0, 0.05) is 67.3 Å². The Morgan fingerprint density at radius 3 is 1.71 bits per heavy atom. The summed E-state index contributed by atoms with van der Waals surface area (Å²) in [5.41, 5.74) is 15.2. The van der Waals surface area contributed by atoms with E-state index in [1.54, 1.807) is 0 Å². The van der Waals surface area contributed by atoms with Crippen LogP contribution >= 0.6 is 0 Å². The van der Waals surface area contributed by atoms with E-state index in [1.807, 2.05) is 0 Å². The number of rotatable bonds is 6. The molecule has 0 unspecified atom stereocenters. The Kier molecular flexibility index (Phi) is 7.26. The Morgan fingerprint density at radius 2 is 0.946 bits per heavy atom. The van der Waals surface area contributed by atoms with Crippen LogP contribution in [0.2, 0.25) is 0 Å². The second kappa shape index (κ2) is 12.6. The summed E-state index contributed by atoms with van der Waals surface area (Å²) in [6.07, 6.45) is 2.22. The van der Waals surface area contributed by atoms with Crippen molar-refractivity contribution in [2.75, 3.05) is 4.90 Å². The van der Waals surface area contributed by atoms with Gasteiger partial charge in [-0.3, -0.25) is 0 Å². The minimum Gasteiger partial charge on any atom is -0.315 e. The van der Waals surface area contributed by atoms with E-state index in [0.717, 1.165) is 34.1 Å². The van der Waals surface area contributed by atoms with Gasteiger partial charge in [0.1, 0.15) is 0 Å². The predicted octanol–water partition coefficient (Wildman–Crippen LogP) is 13.9. The van der Waals surface area contributed by atoms with Crippen molar-refractivity contribution in [2.24, 2.45) is 0 Å². The molecular weight excluding hydrogens is 681 g/mol. The molecule has 56 heavy (non-hydrogen) atoms. The molecule has 0 atom stereocenters. The summed E-state index contributed by atoms with van der Waals surface area (Å²) in [6, 6.07) is 68.6. The standard InChI is InChI=1S/C52H38N4/c1-35-19-24-39(25-20-35)54(43-28-30-50-47(34-43)45-16-7-8-17-48(45)55(50)40-26-21-36(2)22-27-40)42-14-10-13-41(33-42)53-32-31-37-23-29-46-44-15-6-9-18-49(44)56(52(46)51(37)53)38-11-4-3-5-12-38/h3-34H,1-2H3. The fourth-order valence-electron chi connectivity index (χ4n) is 8.73. The van der Waals surface area contributed by atoms with Crippen LogP contribution in [0.4, 0.5) is 17.1 Å². The molecule has 4 nitrogen and oxygen atoms in total. The van der Waals surface area contributed by atoms with E-state index >= 15 is 0 Å². The van der Waals surface area contributed by atoms with Crippen LogP contribution in [0.1, 0.15) is 11.1 Å². The first kappa shape index (κ1) is 32.2. The third-order valence-corrected chi connectivity index (χ3v) is 11.4. The van der Waals surface area contributed by atoms with Gasteiger partial charge >= 0.3 is 0 Å². The van der Waals surface area contributed by atoms with Crippen molar-refractivity contribution in [3.63, 3.8) is 0 Å². The maximum absolute atomic E-state index is 2.42. The molecule has 0 bridgehead atoms. The number of hydrogen-bond donors (Lipinski definition) is 0. The summed E-state index contributed by atoms with van der Waals surface area (Å²) < 4.78 is 7.18. The van der Waals surface area contributed by atoms with E-state index in [2.05, 4.69) is 227 Å². The zero-order chi connectivity index (χ0) is 37.3. The smallest absolute Gasteiger partial charge is 0.0788 e. The molecular formula is C52H38N4. The van der Waals surface area contributed by atoms with Gasteiger partial charge in [-0.05, 0) is 105 Å². The number of fused-ring (bicyclic) bond motifs is 8. The first-order valence-corrected chi connectivity index (χ1v) is 19.3. The molecule has 0 N–H and O–H groups in total. The van der Waals surface area contributed by atoms with Gasteiger partial charge in [0.05, 0.1) is 27.6 Å². The lowest BCUT2D eigenvalue weighted by atomic mass is 10.1. The monoisotopic (exact) mass is 718 g/mol. The van der Waals surface area contributed by atoms with Crippen LogP contribution in [-0.2, 0) is 0 Å². The highest BCUT2D eigenvalue weighted by molar-refractivity contribution is 6.18. The third-order valence-electron chi connectivity index (χ3n) is 11.4. The molecule has 266 valence electrons. The Bertz CT molecular complexity index is 3250. The SMILES string of the molecule is Cc1ccc(N(c2cccc(-n3ccc4ccc5c6ccccc6n(-c6ccccc6)c5c43)c2)c2ccc3c(c2)c2ccccc2n3-c2ccc(C)cc2)cc1. The van der Waals surface area contributed by atoms with E-state index in [9.17, 15) is 0 Å². The molecule has 8 aromatic carbocycles. The van der Waals surface area contributed by atoms with Crippen molar-refractivity contribution in [1.82, 2.24) is 13.7 Å². The van der Waals surface area contributed by atoms with Crippen molar-refractivity contribution >= 4 is 71.6 Å². The van der Waals surface area contributed by atoms with Crippen LogP contribution in [0, 0.1) is 13.8 Å². The Labute approximate surface area is 325 Å². The molecule has 0 aliphatic carbocycles. The molecule has 0 saturated heterocycles. The molecule has 0 aliphatic heterocycles. The number of para-hydroxylation sites is 3. The van der Waals surface area contributed by atoms with Crippen LogP contribution in [0.25, 0.3) is 71.6 Å². The lowest BCUT2D eigenvalue weighted by molar-refractivity contribution is 1.11. The second-order valence-electron chi connectivity index (χ2n) is 14.9. The second-order valence-corrected chi connectivity index (χ2v) is 14.9. The van der Waals surface area contributed by atoms with Gasteiger partial charge in [-0.1, -0.05) is 108 Å². The van der Waals surface area contributed by atoms with E-state index in [0.29, 0.717) is 0 Å².